The summed E-state index contributed by atoms with van der Waals surface area (Å²) in [4.78, 5) is 11.6. The normalized spacial score (nSPS) is 10.3. The zero-order valence-corrected chi connectivity index (χ0v) is 8.97. The van der Waals surface area contributed by atoms with Crippen LogP contribution in [-0.4, -0.2) is 4.57 Å². The number of aromatic nitrogens is 1. The fraction of sp³-hybridized carbons (Fsp3) is 0.154. The second kappa shape index (κ2) is 4.77. The number of hydrogen-bond donors (Lipinski definition) is 1. The van der Waals surface area contributed by atoms with Crippen molar-refractivity contribution < 1.29 is 0 Å². The molecule has 0 unspecified atom stereocenters. The van der Waals surface area contributed by atoms with Crippen LogP contribution in [0.25, 0.3) is 0 Å². The van der Waals surface area contributed by atoms with Gasteiger partial charge >= 0.3 is 0 Å². The molecule has 2 aromatic rings. The molecule has 0 aliphatic rings. The van der Waals surface area contributed by atoms with Crippen LogP contribution < -0.4 is 11.3 Å². The van der Waals surface area contributed by atoms with Crippen LogP contribution >= 0.6 is 0 Å². The van der Waals surface area contributed by atoms with E-state index in [4.69, 9.17) is 5.73 Å². The van der Waals surface area contributed by atoms with E-state index in [1.54, 1.807) is 16.7 Å². The highest BCUT2D eigenvalue weighted by Gasteiger charge is 1.98. The highest BCUT2D eigenvalue weighted by Crippen LogP contribution is 2.01. The molecule has 0 amide bonds. The summed E-state index contributed by atoms with van der Waals surface area (Å²) >= 11 is 0. The maximum atomic E-state index is 11.6. The van der Waals surface area contributed by atoms with Gasteiger partial charge in [0.15, 0.2) is 0 Å². The first kappa shape index (κ1) is 10.6. The lowest BCUT2D eigenvalue weighted by Gasteiger charge is -2.07. The van der Waals surface area contributed by atoms with Gasteiger partial charge in [0.1, 0.15) is 0 Å². The molecule has 0 saturated carbocycles. The van der Waals surface area contributed by atoms with Gasteiger partial charge in [-0.05, 0) is 11.1 Å². The van der Waals surface area contributed by atoms with Crippen molar-refractivity contribution in [3.8, 4) is 0 Å². The fourth-order valence-corrected chi connectivity index (χ4v) is 1.61. The zero-order valence-electron chi connectivity index (χ0n) is 8.97. The Balaban J connectivity index is 2.31. The first-order valence-corrected chi connectivity index (χ1v) is 5.23. The maximum absolute atomic E-state index is 11.6. The molecule has 0 fully saturated rings. The largest absolute Gasteiger partial charge is 0.326 e. The number of rotatable bonds is 3. The Morgan fingerprint density at radius 3 is 2.44 bits per heavy atom. The smallest absolute Gasteiger partial charge is 0.250 e. The fourth-order valence-electron chi connectivity index (χ4n) is 1.61. The lowest BCUT2D eigenvalue weighted by Crippen LogP contribution is -2.20. The van der Waals surface area contributed by atoms with Crippen LogP contribution in [0.5, 0.6) is 0 Å². The summed E-state index contributed by atoms with van der Waals surface area (Å²) in [6, 6.07) is 13.2. The Labute approximate surface area is 94.1 Å². The van der Waals surface area contributed by atoms with E-state index >= 15 is 0 Å². The van der Waals surface area contributed by atoms with Gasteiger partial charge in [-0.25, -0.2) is 0 Å². The Morgan fingerprint density at radius 1 is 1.00 bits per heavy atom. The van der Waals surface area contributed by atoms with Gasteiger partial charge in [-0.3, -0.25) is 4.79 Å². The van der Waals surface area contributed by atoms with Crippen LogP contribution in [-0.2, 0) is 13.1 Å². The summed E-state index contributed by atoms with van der Waals surface area (Å²) < 4.78 is 1.68. The summed E-state index contributed by atoms with van der Waals surface area (Å²) in [5, 5.41) is 0. The minimum absolute atomic E-state index is 0.000975. The molecule has 1 aromatic carbocycles. The van der Waals surface area contributed by atoms with Gasteiger partial charge in [0.05, 0.1) is 6.54 Å². The molecule has 3 nitrogen and oxygen atoms in total. The number of pyridine rings is 1. The van der Waals surface area contributed by atoms with Crippen molar-refractivity contribution in [1.29, 1.82) is 0 Å². The van der Waals surface area contributed by atoms with Crippen LogP contribution in [0, 0.1) is 0 Å². The topological polar surface area (TPSA) is 48.0 Å². The van der Waals surface area contributed by atoms with E-state index in [1.807, 2.05) is 36.5 Å². The third-order valence-electron chi connectivity index (χ3n) is 2.48. The summed E-state index contributed by atoms with van der Waals surface area (Å²) in [7, 11) is 0. The van der Waals surface area contributed by atoms with E-state index in [1.165, 1.54) is 0 Å². The molecule has 0 saturated heterocycles. The van der Waals surface area contributed by atoms with Crippen LogP contribution in [0.3, 0.4) is 0 Å². The van der Waals surface area contributed by atoms with E-state index in [0.29, 0.717) is 13.1 Å². The zero-order chi connectivity index (χ0) is 11.4. The minimum atomic E-state index is 0.000975. The quantitative estimate of drug-likeness (QED) is 0.838. The third-order valence-corrected chi connectivity index (χ3v) is 2.48. The van der Waals surface area contributed by atoms with Gasteiger partial charge in [0.2, 0.25) is 0 Å². The number of nitrogens with two attached hydrogens (primary N) is 1. The molecule has 1 heterocycles. The predicted molar refractivity (Wildman–Crippen MR) is 64.1 cm³/mol. The molecule has 0 aliphatic carbocycles. The van der Waals surface area contributed by atoms with Crippen molar-refractivity contribution in [2.45, 2.75) is 13.1 Å². The van der Waals surface area contributed by atoms with Crippen molar-refractivity contribution in [3.05, 3.63) is 70.1 Å². The Bertz CT molecular complexity index is 517. The molecule has 0 spiro atoms. The van der Waals surface area contributed by atoms with E-state index in [9.17, 15) is 4.79 Å². The SMILES string of the molecule is NCc1ccc(=O)n(Cc2ccccc2)c1. The molecule has 0 bridgehead atoms. The van der Waals surface area contributed by atoms with Crippen molar-refractivity contribution in [3.63, 3.8) is 0 Å². The van der Waals surface area contributed by atoms with E-state index in [-0.39, 0.29) is 5.56 Å². The van der Waals surface area contributed by atoms with Gasteiger partial charge in [-0.2, -0.15) is 0 Å². The molecule has 2 N–H and O–H groups in total. The molecule has 0 aliphatic heterocycles. The standard InChI is InChI=1S/C13H14N2O/c14-8-12-6-7-13(16)15(10-12)9-11-4-2-1-3-5-11/h1-7,10H,8-9,14H2. The highest BCUT2D eigenvalue weighted by atomic mass is 16.1. The average Bonchev–Trinajstić information content (AvgIpc) is 2.33. The molecular formula is C13H14N2O. The van der Waals surface area contributed by atoms with Gasteiger partial charge in [-0.1, -0.05) is 36.4 Å². The Kier molecular flexibility index (Phi) is 3.17. The lowest BCUT2D eigenvalue weighted by atomic mass is 10.2. The van der Waals surface area contributed by atoms with Gasteiger partial charge in [-0.15, -0.1) is 0 Å². The summed E-state index contributed by atoms with van der Waals surface area (Å²) in [6.07, 6.45) is 1.81. The molecule has 0 atom stereocenters. The summed E-state index contributed by atoms with van der Waals surface area (Å²) in [6.45, 7) is 1.04. The molecule has 2 rings (SSSR count). The molecular weight excluding hydrogens is 200 g/mol. The predicted octanol–water partition coefficient (Wildman–Crippen LogP) is 1.36. The van der Waals surface area contributed by atoms with Gasteiger partial charge in [0, 0.05) is 18.8 Å². The lowest BCUT2D eigenvalue weighted by molar-refractivity contribution is 0.748. The van der Waals surface area contributed by atoms with E-state index in [2.05, 4.69) is 0 Å². The summed E-state index contributed by atoms with van der Waals surface area (Å²) in [5.41, 5.74) is 7.63. The monoisotopic (exact) mass is 214 g/mol. The molecule has 82 valence electrons. The number of nitrogens with zero attached hydrogens (tertiary/aromatic N) is 1. The molecule has 16 heavy (non-hydrogen) atoms. The van der Waals surface area contributed by atoms with Crippen LogP contribution in [0.2, 0.25) is 0 Å². The van der Waals surface area contributed by atoms with E-state index in [0.717, 1.165) is 11.1 Å². The van der Waals surface area contributed by atoms with Gasteiger partial charge in [0.25, 0.3) is 5.56 Å². The maximum Gasteiger partial charge on any atom is 0.250 e. The third kappa shape index (κ3) is 2.38. The first-order valence-electron chi connectivity index (χ1n) is 5.23. The van der Waals surface area contributed by atoms with Crippen molar-refractivity contribution >= 4 is 0 Å². The Hall–Kier alpha value is -1.87. The van der Waals surface area contributed by atoms with Gasteiger partial charge < -0.3 is 10.3 Å². The van der Waals surface area contributed by atoms with Crippen LogP contribution in [0.1, 0.15) is 11.1 Å². The second-order valence-corrected chi connectivity index (χ2v) is 3.69. The Morgan fingerprint density at radius 2 is 1.75 bits per heavy atom. The first-order chi connectivity index (χ1) is 7.79. The summed E-state index contributed by atoms with van der Waals surface area (Å²) in [5.74, 6) is 0. The van der Waals surface area contributed by atoms with Crippen molar-refractivity contribution in [1.82, 2.24) is 4.57 Å². The minimum Gasteiger partial charge on any atom is -0.326 e. The molecule has 3 heteroatoms. The highest BCUT2D eigenvalue weighted by molar-refractivity contribution is 5.17. The second-order valence-electron chi connectivity index (χ2n) is 3.69. The van der Waals surface area contributed by atoms with Crippen molar-refractivity contribution in [2.75, 3.05) is 0 Å². The van der Waals surface area contributed by atoms with Crippen LogP contribution in [0.4, 0.5) is 0 Å². The molecule has 0 radical (unpaired) electrons. The van der Waals surface area contributed by atoms with Crippen molar-refractivity contribution in [2.24, 2.45) is 5.73 Å². The van der Waals surface area contributed by atoms with Crippen LogP contribution in [0.15, 0.2) is 53.5 Å². The van der Waals surface area contributed by atoms with E-state index < -0.39 is 0 Å². The number of benzene rings is 1. The number of hydrogen-bond acceptors (Lipinski definition) is 2. The molecule has 1 aromatic heterocycles. The average molecular weight is 214 g/mol.